The molecule has 178 valence electrons. The predicted octanol–water partition coefficient (Wildman–Crippen LogP) is 3.81. The molecule has 0 aromatic heterocycles. The maximum Gasteiger partial charge on any atom is 0.269 e. The van der Waals surface area contributed by atoms with Crippen LogP contribution in [0.3, 0.4) is 0 Å². The van der Waals surface area contributed by atoms with E-state index in [-0.39, 0.29) is 23.6 Å². The van der Waals surface area contributed by atoms with Crippen molar-refractivity contribution in [3.05, 3.63) is 101 Å². The third-order valence-electron chi connectivity index (χ3n) is 5.47. The standard InChI is InChI=1S/C26H23FN4O3S/c1-17-7-5-12-21(13-17)28-23(32)15-22-25(34)30(16-18-8-3-2-4-9-18)26(35)31(22)29-24(33)19-10-6-11-20(27)14-19/h2-14,22H,15-16H2,1H3,(H,28,32)(H,29,33). The Balaban J connectivity index is 1.56. The van der Waals surface area contributed by atoms with Gasteiger partial charge in [0.25, 0.3) is 11.8 Å². The molecule has 1 unspecified atom stereocenters. The number of rotatable bonds is 7. The molecule has 9 heteroatoms. The minimum atomic E-state index is -1.06. The summed E-state index contributed by atoms with van der Waals surface area (Å²) in [5.41, 5.74) is 5.06. The molecule has 0 spiro atoms. The molecule has 1 atom stereocenters. The summed E-state index contributed by atoms with van der Waals surface area (Å²) in [6.45, 7) is 2.08. The van der Waals surface area contributed by atoms with Crippen LogP contribution in [0.4, 0.5) is 10.1 Å². The van der Waals surface area contributed by atoms with Crippen molar-refractivity contribution in [3.63, 3.8) is 0 Å². The number of amides is 3. The van der Waals surface area contributed by atoms with Gasteiger partial charge in [-0.05, 0) is 60.6 Å². The fourth-order valence-corrected chi connectivity index (χ4v) is 4.11. The number of nitrogens with zero attached hydrogens (tertiary/aromatic N) is 2. The molecule has 0 radical (unpaired) electrons. The summed E-state index contributed by atoms with van der Waals surface area (Å²) in [6, 6.07) is 20.6. The van der Waals surface area contributed by atoms with Crippen molar-refractivity contribution in [2.45, 2.75) is 25.9 Å². The number of hydrogen-bond acceptors (Lipinski definition) is 4. The molecule has 0 aliphatic carbocycles. The minimum absolute atomic E-state index is 0.0527. The van der Waals surface area contributed by atoms with E-state index >= 15 is 0 Å². The largest absolute Gasteiger partial charge is 0.326 e. The first kappa shape index (κ1) is 24.0. The zero-order valence-corrected chi connectivity index (χ0v) is 19.7. The Labute approximate surface area is 207 Å². The minimum Gasteiger partial charge on any atom is -0.326 e. The smallest absolute Gasteiger partial charge is 0.269 e. The van der Waals surface area contributed by atoms with Crippen LogP contribution in [-0.2, 0) is 16.1 Å². The fraction of sp³-hybridized carbons (Fsp3) is 0.154. The number of carbonyl (C=O) groups excluding carboxylic acids is 3. The van der Waals surface area contributed by atoms with Crippen LogP contribution in [0, 0.1) is 12.7 Å². The summed E-state index contributed by atoms with van der Waals surface area (Å²) in [4.78, 5) is 40.3. The third kappa shape index (κ3) is 5.70. The van der Waals surface area contributed by atoms with E-state index in [1.807, 2.05) is 55.5 Å². The lowest BCUT2D eigenvalue weighted by Gasteiger charge is -2.24. The summed E-state index contributed by atoms with van der Waals surface area (Å²) >= 11 is 5.52. The Bertz CT molecular complexity index is 1280. The van der Waals surface area contributed by atoms with Crippen LogP contribution in [0.25, 0.3) is 0 Å². The van der Waals surface area contributed by atoms with Gasteiger partial charge in [-0.1, -0.05) is 48.5 Å². The van der Waals surface area contributed by atoms with Crippen molar-refractivity contribution >= 4 is 40.7 Å². The van der Waals surface area contributed by atoms with Crippen LogP contribution in [0.1, 0.15) is 27.9 Å². The highest BCUT2D eigenvalue weighted by Gasteiger charge is 2.44. The van der Waals surface area contributed by atoms with Crippen LogP contribution in [0.2, 0.25) is 0 Å². The van der Waals surface area contributed by atoms with Gasteiger partial charge in [0, 0.05) is 11.3 Å². The average Bonchev–Trinajstić information content (AvgIpc) is 3.04. The quantitative estimate of drug-likeness (QED) is 0.493. The van der Waals surface area contributed by atoms with Gasteiger partial charge >= 0.3 is 0 Å². The lowest BCUT2D eigenvalue weighted by molar-refractivity contribution is -0.131. The summed E-state index contributed by atoms with van der Waals surface area (Å²) in [5, 5.41) is 4.05. The lowest BCUT2D eigenvalue weighted by atomic mass is 10.1. The Morgan fingerprint density at radius 2 is 1.74 bits per heavy atom. The topological polar surface area (TPSA) is 81.8 Å². The van der Waals surface area contributed by atoms with Crippen molar-refractivity contribution in [1.29, 1.82) is 0 Å². The maximum absolute atomic E-state index is 13.6. The molecule has 35 heavy (non-hydrogen) atoms. The molecular weight excluding hydrogens is 467 g/mol. The first-order valence-corrected chi connectivity index (χ1v) is 11.3. The highest BCUT2D eigenvalue weighted by atomic mass is 32.1. The number of nitrogens with one attached hydrogen (secondary N) is 2. The highest BCUT2D eigenvalue weighted by molar-refractivity contribution is 7.80. The third-order valence-corrected chi connectivity index (χ3v) is 5.89. The van der Waals surface area contributed by atoms with E-state index in [2.05, 4.69) is 10.7 Å². The van der Waals surface area contributed by atoms with Gasteiger partial charge in [-0.15, -0.1) is 0 Å². The molecule has 1 saturated heterocycles. The van der Waals surface area contributed by atoms with Crippen LogP contribution in [-0.4, -0.2) is 38.8 Å². The summed E-state index contributed by atoms with van der Waals surface area (Å²) in [5.74, 6) is -2.05. The zero-order valence-electron chi connectivity index (χ0n) is 18.9. The van der Waals surface area contributed by atoms with E-state index in [1.54, 1.807) is 6.07 Å². The lowest BCUT2D eigenvalue weighted by Crippen LogP contribution is -2.49. The van der Waals surface area contributed by atoms with Crippen LogP contribution in [0.5, 0.6) is 0 Å². The summed E-state index contributed by atoms with van der Waals surface area (Å²) in [7, 11) is 0. The SMILES string of the molecule is Cc1cccc(NC(=O)CC2C(=O)N(Cc3ccccc3)C(=S)N2NC(=O)c2cccc(F)c2)c1. The first-order valence-electron chi connectivity index (χ1n) is 10.9. The van der Waals surface area contributed by atoms with E-state index in [0.717, 1.165) is 17.2 Å². The number of hydrogen-bond donors (Lipinski definition) is 2. The van der Waals surface area contributed by atoms with Crippen molar-refractivity contribution in [2.24, 2.45) is 0 Å². The molecule has 3 aromatic carbocycles. The van der Waals surface area contributed by atoms with E-state index in [9.17, 15) is 18.8 Å². The van der Waals surface area contributed by atoms with Crippen molar-refractivity contribution in [1.82, 2.24) is 15.3 Å². The predicted molar refractivity (Wildman–Crippen MR) is 134 cm³/mol. The van der Waals surface area contributed by atoms with Gasteiger partial charge in [-0.2, -0.15) is 0 Å². The molecule has 1 fully saturated rings. The Morgan fingerprint density at radius 1 is 1.00 bits per heavy atom. The van der Waals surface area contributed by atoms with Gasteiger partial charge in [0.2, 0.25) is 5.91 Å². The molecule has 2 N–H and O–H groups in total. The van der Waals surface area contributed by atoms with Crippen LogP contribution < -0.4 is 10.7 Å². The van der Waals surface area contributed by atoms with Gasteiger partial charge in [-0.25, -0.2) is 9.40 Å². The summed E-state index contributed by atoms with van der Waals surface area (Å²) < 4.78 is 13.6. The van der Waals surface area contributed by atoms with Gasteiger partial charge < -0.3 is 5.32 Å². The van der Waals surface area contributed by atoms with Gasteiger partial charge in [-0.3, -0.25) is 24.7 Å². The number of carbonyl (C=O) groups is 3. The molecule has 0 saturated carbocycles. The van der Waals surface area contributed by atoms with Crippen molar-refractivity contribution in [3.8, 4) is 0 Å². The molecule has 1 aliphatic heterocycles. The fourth-order valence-electron chi connectivity index (χ4n) is 3.78. The number of hydrazine groups is 1. The highest BCUT2D eigenvalue weighted by Crippen LogP contribution is 2.23. The van der Waals surface area contributed by atoms with Gasteiger partial charge in [0.15, 0.2) is 5.11 Å². The molecule has 3 amide bonds. The molecule has 1 aliphatic rings. The Hall–Kier alpha value is -4.11. The second-order valence-electron chi connectivity index (χ2n) is 8.15. The second kappa shape index (κ2) is 10.4. The monoisotopic (exact) mass is 490 g/mol. The zero-order chi connectivity index (χ0) is 24.9. The number of thiocarbonyl (C=S) groups is 1. The van der Waals surface area contributed by atoms with Gasteiger partial charge in [0.1, 0.15) is 11.9 Å². The van der Waals surface area contributed by atoms with Gasteiger partial charge in [0.05, 0.1) is 13.0 Å². The van der Waals surface area contributed by atoms with Crippen molar-refractivity contribution in [2.75, 3.05) is 5.32 Å². The normalized spacial score (nSPS) is 15.3. The maximum atomic E-state index is 13.6. The number of aryl methyl sites for hydroxylation is 1. The van der Waals surface area contributed by atoms with E-state index < -0.39 is 29.6 Å². The first-order chi connectivity index (χ1) is 16.8. The Kier molecular flexibility index (Phi) is 7.17. The number of anilines is 1. The average molecular weight is 491 g/mol. The molecule has 3 aromatic rings. The summed E-state index contributed by atoms with van der Waals surface area (Å²) in [6.07, 6.45) is -0.248. The van der Waals surface area contributed by atoms with Crippen LogP contribution in [0.15, 0.2) is 78.9 Å². The van der Waals surface area contributed by atoms with Crippen LogP contribution >= 0.6 is 12.2 Å². The molecule has 4 rings (SSSR count). The van der Waals surface area contributed by atoms with Crippen molar-refractivity contribution < 1.29 is 18.8 Å². The van der Waals surface area contributed by atoms with E-state index in [1.165, 1.54) is 28.1 Å². The van der Waals surface area contributed by atoms with E-state index in [4.69, 9.17) is 12.2 Å². The van der Waals surface area contributed by atoms with E-state index in [0.29, 0.717) is 5.69 Å². The number of halogens is 1. The Morgan fingerprint density at radius 3 is 2.46 bits per heavy atom. The molecular formula is C26H23FN4O3S. The molecule has 0 bridgehead atoms. The molecule has 7 nitrogen and oxygen atoms in total. The second-order valence-corrected chi connectivity index (χ2v) is 8.52. The number of benzene rings is 3. The molecule has 1 heterocycles.